The molecule has 35 heavy (non-hydrogen) atoms. The third-order valence-electron chi connectivity index (χ3n) is 5.76. The summed E-state index contributed by atoms with van der Waals surface area (Å²) in [7, 11) is 0. The first-order valence-corrected chi connectivity index (χ1v) is 12.3. The lowest BCUT2D eigenvalue weighted by molar-refractivity contribution is 0.104. The first-order chi connectivity index (χ1) is 16.9. The number of rotatable bonds is 6. The van der Waals surface area contributed by atoms with Gasteiger partial charge in [-0.3, -0.25) is 9.20 Å². The number of thiazole rings is 1. The van der Waals surface area contributed by atoms with Crippen LogP contribution in [0, 0.1) is 18.6 Å². The fraction of sp³-hybridized carbons (Fsp3) is 0.148. The van der Waals surface area contributed by atoms with Crippen LogP contribution in [0.4, 0.5) is 8.78 Å². The van der Waals surface area contributed by atoms with Crippen molar-refractivity contribution >= 4 is 34.4 Å². The molecule has 0 N–H and O–H groups in total. The number of benzene rings is 2. The van der Waals surface area contributed by atoms with Crippen LogP contribution < -0.4 is 0 Å². The molecule has 176 valence electrons. The molecule has 5 aromatic rings. The Morgan fingerprint density at radius 3 is 2.54 bits per heavy atom. The van der Waals surface area contributed by atoms with E-state index in [-0.39, 0.29) is 22.1 Å². The molecule has 0 unspecified atom stereocenters. The van der Waals surface area contributed by atoms with Gasteiger partial charge in [0.15, 0.2) is 11.6 Å². The van der Waals surface area contributed by atoms with Gasteiger partial charge in [0.1, 0.15) is 21.2 Å². The molecule has 0 atom stereocenters. The van der Waals surface area contributed by atoms with E-state index in [2.05, 4.69) is 11.9 Å². The minimum absolute atomic E-state index is 0.0250. The third kappa shape index (κ3) is 4.26. The molecule has 3 aromatic heterocycles. The Bertz CT molecular complexity index is 1570. The number of carbonyl (C=O) groups is 1. The number of hydrogen-bond acceptors (Lipinski definition) is 4. The van der Waals surface area contributed by atoms with Crippen molar-refractivity contribution in [1.82, 2.24) is 14.4 Å². The molecule has 0 spiro atoms. The van der Waals surface area contributed by atoms with E-state index in [1.807, 2.05) is 47.9 Å². The Morgan fingerprint density at radius 2 is 1.80 bits per heavy atom. The van der Waals surface area contributed by atoms with Gasteiger partial charge in [0.25, 0.3) is 0 Å². The molecule has 3 heterocycles. The van der Waals surface area contributed by atoms with Crippen molar-refractivity contribution in [2.24, 2.45) is 0 Å². The maximum atomic E-state index is 14.2. The van der Waals surface area contributed by atoms with Gasteiger partial charge in [-0.15, -0.1) is 11.3 Å². The summed E-state index contributed by atoms with van der Waals surface area (Å²) in [5.74, 6) is -2.39. The summed E-state index contributed by atoms with van der Waals surface area (Å²) in [6.07, 6.45) is 3.79. The van der Waals surface area contributed by atoms with Gasteiger partial charge >= 0.3 is 0 Å². The smallest absolute Gasteiger partial charge is 0.205 e. The Morgan fingerprint density at radius 1 is 1.06 bits per heavy atom. The molecule has 8 heteroatoms. The molecule has 0 amide bonds. The summed E-state index contributed by atoms with van der Waals surface area (Å²) in [6.45, 7) is 3.96. The summed E-state index contributed by atoms with van der Waals surface area (Å²) in [6, 6.07) is 14.9. The zero-order chi connectivity index (χ0) is 24.7. The second-order valence-electron chi connectivity index (χ2n) is 8.19. The largest absolute Gasteiger partial charge is 0.297 e. The lowest BCUT2D eigenvalue weighted by Gasteiger charge is -2.06. The second kappa shape index (κ2) is 9.32. The van der Waals surface area contributed by atoms with E-state index in [1.54, 1.807) is 12.1 Å². The highest BCUT2D eigenvalue weighted by Crippen LogP contribution is 2.39. The van der Waals surface area contributed by atoms with Crippen LogP contribution >= 0.6 is 22.9 Å². The van der Waals surface area contributed by atoms with Crippen LogP contribution in [0.25, 0.3) is 27.6 Å². The summed E-state index contributed by atoms with van der Waals surface area (Å²) in [5, 5.41) is 0.505. The molecule has 4 nitrogen and oxygen atoms in total. The fourth-order valence-electron chi connectivity index (χ4n) is 4.08. The average Bonchev–Trinajstić information content (AvgIpc) is 3.42. The number of aryl methyl sites for hydroxylation is 2. The van der Waals surface area contributed by atoms with E-state index in [0.29, 0.717) is 15.4 Å². The van der Waals surface area contributed by atoms with Gasteiger partial charge in [-0.05, 0) is 43.2 Å². The van der Waals surface area contributed by atoms with E-state index >= 15 is 0 Å². The number of pyridine rings is 1. The predicted molar refractivity (Wildman–Crippen MR) is 135 cm³/mol. The number of halogens is 3. The molecular weight excluding hydrogens is 488 g/mol. The fourth-order valence-corrected chi connectivity index (χ4v) is 5.45. The van der Waals surface area contributed by atoms with E-state index in [4.69, 9.17) is 16.6 Å². The lowest BCUT2D eigenvalue weighted by atomic mass is 10.0. The summed E-state index contributed by atoms with van der Waals surface area (Å²) >= 11 is 7.48. The molecule has 2 aromatic carbocycles. The molecule has 5 rings (SSSR count). The SMILES string of the molecule is CCCc1ccc(C(=O)c2sc(-c3c(C)nc4ccccn34)nc2-c2cc(F)c(F)cc2Cl)cc1. The number of imidazole rings is 1. The molecule has 0 saturated heterocycles. The van der Waals surface area contributed by atoms with E-state index in [9.17, 15) is 13.6 Å². The van der Waals surface area contributed by atoms with Gasteiger partial charge in [0.2, 0.25) is 5.78 Å². The van der Waals surface area contributed by atoms with Crippen molar-refractivity contribution in [3.63, 3.8) is 0 Å². The minimum atomic E-state index is -1.06. The van der Waals surface area contributed by atoms with Crippen LogP contribution in [0.5, 0.6) is 0 Å². The maximum Gasteiger partial charge on any atom is 0.205 e. The molecule has 0 fully saturated rings. The molecule has 0 radical (unpaired) electrons. The first kappa shape index (κ1) is 23.3. The monoisotopic (exact) mass is 507 g/mol. The first-order valence-electron chi connectivity index (χ1n) is 11.1. The van der Waals surface area contributed by atoms with Crippen molar-refractivity contribution in [1.29, 1.82) is 0 Å². The van der Waals surface area contributed by atoms with E-state index in [1.165, 1.54) is 11.3 Å². The number of hydrogen-bond donors (Lipinski definition) is 0. The number of nitrogens with zero attached hydrogens (tertiary/aromatic N) is 3. The molecular formula is C27H20ClF2N3OS. The maximum absolute atomic E-state index is 14.2. The normalized spacial score (nSPS) is 11.3. The van der Waals surface area contributed by atoms with Gasteiger partial charge < -0.3 is 0 Å². The number of ketones is 1. The van der Waals surface area contributed by atoms with Gasteiger partial charge in [-0.1, -0.05) is 55.3 Å². The van der Waals surface area contributed by atoms with Crippen LogP contribution in [0.15, 0.2) is 60.8 Å². The van der Waals surface area contributed by atoms with Crippen molar-refractivity contribution in [3.05, 3.63) is 99.1 Å². The topological polar surface area (TPSA) is 47.3 Å². The Labute approximate surface area is 209 Å². The highest BCUT2D eigenvalue weighted by molar-refractivity contribution is 7.17. The van der Waals surface area contributed by atoms with Gasteiger partial charge in [0, 0.05) is 17.3 Å². The molecule has 0 aliphatic rings. The van der Waals surface area contributed by atoms with Crippen molar-refractivity contribution in [2.75, 3.05) is 0 Å². The zero-order valence-corrected chi connectivity index (χ0v) is 20.6. The predicted octanol–water partition coefficient (Wildman–Crippen LogP) is 7.55. The number of fused-ring (bicyclic) bond motifs is 1. The lowest BCUT2D eigenvalue weighted by Crippen LogP contribution is -2.02. The molecule has 0 aliphatic carbocycles. The van der Waals surface area contributed by atoms with Crippen LogP contribution in [0.1, 0.15) is 39.8 Å². The Kier molecular flexibility index (Phi) is 6.21. The average molecular weight is 508 g/mol. The summed E-state index contributed by atoms with van der Waals surface area (Å²) in [5.41, 5.74) is 4.18. The molecule has 0 saturated carbocycles. The van der Waals surface area contributed by atoms with E-state index in [0.717, 1.165) is 47.6 Å². The van der Waals surface area contributed by atoms with E-state index < -0.39 is 11.6 Å². The Hall–Kier alpha value is -3.42. The number of aromatic nitrogens is 3. The third-order valence-corrected chi connectivity index (χ3v) is 7.13. The highest BCUT2D eigenvalue weighted by atomic mass is 35.5. The summed E-state index contributed by atoms with van der Waals surface area (Å²) < 4.78 is 29.9. The molecule has 0 aliphatic heterocycles. The van der Waals surface area contributed by atoms with Crippen LogP contribution in [0.2, 0.25) is 5.02 Å². The standard InChI is InChI=1S/C27H20ClF2N3OS/c1-3-6-16-8-10-17(11-9-16)25(34)26-23(18-13-20(29)21(30)14-19(18)28)32-27(35-26)24-15(2)31-22-7-4-5-12-33(22)24/h4-5,7-14H,3,6H2,1-2H3. The Balaban J connectivity index is 1.71. The molecule has 0 bridgehead atoms. The summed E-state index contributed by atoms with van der Waals surface area (Å²) in [4.78, 5) is 23.2. The van der Waals surface area contributed by atoms with Crippen LogP contribution in [0.3, 0.4) is 0 Å². The van der Waals surface area contributed by atoms with Crippen LogP contribution in [-0.2, 0) is 6.42 Å². The minimum Gasteiger partial charge on any atom is -0.297 e. The van der Waals surface area contributed by atoms with Gasteiger partial charge in [-0.25, -0.2) is 18.7 Å². The second-order valence-corrected chi connectivity index (χ2v) is 9.60. The van der Waals surface area contributed by atoms with Crippen molar-refractivity contribution < 1.29 is 13.6 Å². The highest BCUT2D eigenvalue weighted by Gasteiger charge is 2.26. The van der Waals surface area contributed by atoms with Gasteiger partial charge in [0.05, 0.1) is 16.4 Å². The van der Waals surface area contributed by atoms with Crippen molar-refractivity contribution in [2.45, 2.75) is 26.7 Å². The quantitative estimate of drug-likeness (QED) is 0.176. The van der Waals surface area contributed by atoms with Crippen LogP contribution in [-0.4, -0.2) is 20.2 Å². The number of carbonyl (C=O) groups excluding carboxylic acids is 1. The zero-order valence-electron chi connectivity index (χ0n) is 19.0. The van der Waals surface area contributed by atoms with Gasteiger partial charge in [-0.2, -0.15) is 0 Å². The van der Waals surface area contributed by atoms with Crippen molar-refractivity contribution in [3.8, 4) is 22.0 Å².